The number of nitrogens with zero attached hydrogens (tertiary/aromatic N) is 2. The van der Waals surface area contributed by atoms with E-state index in [2.05, 4.69) is 5.32 Å². The Kier molecular flexibility index (Phi) is 3.89. The number of urea groups is 1. The van der Waals surface area contributed by atoms with Gasteiger partial charge >= 0.3 is 12.0 Å². The first kappa shape index (κ1) is 14.3. The van der Waals surface area contributed by atoms with E-state index in [1.807, 2.05) is 0 Å². The van der Waals surface area contributed by atoms with Gasteiger partial charge in [-0.3, -0.25) is 19.7 Å². The maximum Gasteiger partial charge on any atom is 0.321 e. The first-order valence-electron chi connectivity index (χ1n) is 6.05. The highest BCUT2D eigenvalue weighted by molar-refractivity contribution is 6.02. The molecule has 0 spiro atoms. The number of amides is 4. The van der Waals surface area contributed by atoms with Gasteiger partial charge < -0.3 is 19.6 Å². The highest BCUT2D eigenvalue weighted by atomic mass is 16.5. The van der Waals surface area contributed by atoms with Crippen LogP contribution in [0.25, 0.3) is 0 Å². The zero-order chi connectivity index (χ0) is 14.9. The summed E-state index contributed by atoms with van der Waals surface area (Å²) in [7, 11) is 1.44. The Morgan fingerprint density at radius 2 is 1.90 bits per heavy atom. The number of carbonyl (C=O) groups is 4. The van der Waals surface area contributed by atoms with Crippen LogP contribution in [0.1, 0.15) is 0 Å². The van der Waals surface area contributed by atoms with E-state index in [9.17, 15) is 19.2 Å². The topological polar surface area (TPSA) is 116 Å². The lowest BCUT2D eigenvalue weighted by atomic mass is 10.0. The van der Waals surface area contributed by atoms with Crippen LogP contribution in [0.4, 0.5) is 4.79 Å². The summed E-state index contributed by atoms with van der Waals surface area (Å²) >= 11 is 0. The minimum absolute atomic E-state index is 0.0387. The van der Waals surface area contributed by atoms with Gasteiger partial charge in [0.1, 0.15) is 19.0 Å². The third-order valence-corrected chi connectivity index (χ3v) is 3.39. The van der Waals surface area contributed by atoms with Crippen molar-refractivity contribution in [3.8, 4) is 0 Å². The average molecular weight is 285 g/mol. The number of carbonyl (C=O) groups excluding carboxylic acids is 3. The van der Waals surface area contributed by atoms with Crippen molar-refractivity contribution in [1.29, 1.82) is 0 Å². The molecule has 0 aromatic rings. The van der Waals surface area contributed by atoms with E-state index >= 15 is 0 Å². The zero-order valence-electron chi connectivity index (χ0n) is 10.9. The molecule has 2 rings (SSSR count). The Morgan fingerprint density at radius 3 is 2.45 bits per heavy atom. The van der Waals surface area contributed by atoms with Gasteiger partial charge in [-0.15, -0.1) is 0 Å². The van der Waals surface area contributed by atoms with Crippen molar-refractivity contribution in [2.24, 2.45) is 5.92 Å². The molecule has 20 heavy (non-hydrogen) atoms. The van der Waals surface area contributed by atoms with Crippen LogP contribution >= 0.6 is 0 Å². The molecular weight excluding hydrogens is 270 g/mol. The van der Waals surface area contributed by atoms with Crippen molar-refractivity contribution in [2.45, 2.75) is 6.04 Å². The number of piperazine rings is 1. The van der Waals surface area contributed by atoms with Crippen LogP contribution < -0.4 is 5.32 Å². The summed E-state index contributed by atoms with van der Waals surface area (Å²) in [4.78, 5) is 48.1. The molecule has 0 saturated carbocycles. The highest BCUT2D eigenvalue weighted by Gasteiger charge is 2.40. The molecule has 0 bridgehead atoms. The van der Waals surface area contributed by atoms with Gasteiger partial charge in [0.25, 0.3) is 0 Å². The van der Waals surface area contributed by atoms with Crippen LogP contribution in [-0.2, 0) is 19.1 Å². The zero-order valence-corrected chi connectivity index (χ0v) is 10.9. The standard InChI is InChI=1S/C11H15N3O6/c1-13(7-5-20-4-6(7)10(17)18)11(19)14-2-8(15)12-9(16)3-14/h6-7H,2-5H2,1H3,(H,17,18)(H,12,15,16). The summed E-state index contributed by atoms with van der Waals surface area (Å²) in [6, 6.07) is -1.17. The van der Waals surface area contributed by atoms with Crippen molar-refractivity contribution in [2.75, 3.05) is 33.4 Å². The van der Waals surface area contributed by atoms with Gasteiger partial charge in [0, 0.05) is 7.05 Å². The molecule has 0 radical (unpaired) electrons. The summed E-state index contributed by atoms with van der Waals surface area (Å²) in [6.45, 7) is -0.287. The lowest BCUT2D eigenvalue weighted by Crippen LogP contribution is -2.58. The molecule has 2 N–H and O–H groups in total. The van der Waals surface area contributed by atoms with Gasteiger partial charge in [-0.1, -0.05) is 0 Å². The van der Waals surface area contributed by atoms with Crippen molar-refractivity contribution in [3.05, 3.63) is 0 Å². The summed E-state index contributed by atoms with van der Waals surface area (Å²) in [6.07, 6.45) is 0. The van der Waals surface area contributed by atoms with E-state index in [0.717, 1.165) is 4.90 Å². The monoisotopic (exact) mass is 285 g/mol. The lowest BCUT2D eigenvalue weighted by molar-refractivity contribution is -0.143. The van der Waals surface area contributed by atoms with Crippen molar-refractivity contribution in [3.63, 3.8) is 0 Å². The minimum Gasteiger partial charge on any atom is -0.481 e. The number of nitrogens with one attached hydrogen (secondary N) is 1. The molecule has 0 aromatic carbocycles. The van der Waals surface area contributed by atoms with E-state index in [1.54, 1.807) is 0 Å². The van der Waals surface area contributed by atoms with E-state index in [1.165, 1.54) is 11.9 Å². The minimum atomic E-state index is -1.04. The summed E-state index contributed by atoms with van der Waals surface area (Å²) in [5.41, 5.74) is 0. The lowest BCUT2D eigenvalue weighted by Gasteiger charge is -2.33. The molecule has 9 nitrogen and oxygen atoms in total. The van der Waals surface area contributed by atoms with Crippen LogP contribution in [0.15, 0.2) is 0 Å². The Labute approximate surface area is 114 Å². The molecule has 0 aliphatic carbocycles. The molecule has 110 valence electrons. The number of carboxylic acid groups (broad SMARTS) is 1. The highest BCUT2D eigenvalue weighted by Crippen LogP contribution is 2.20. The summed E-state index contributed by atoms with van der Waals surface area (Å²) < 4.78 is 5.09. The molecule has 2 saturated heterocycles. The molecule has 2 aliphatic heterocycles. The van der Waals surface area contributed by atoms with E-state index in [-0.39, 0.29) is 26.3 Å². The second kappa shape index (κ2) is 5.45. The van der Waals surface area contributed by atoms with E-state index in [0.29, 0.717) is 0 Å². The molecule has 2 heterocycles. The second-order valence-corrected chi connectivity index (χ2v) is 4.77. The smallest absolute Gasteiger partial charge is 0.321 e. The largest absolute Gasteiger partial charge is 0.481 e. The van der Waals surface area contributed by atoms with Gasteiger partial charge in [0.15, 0.2) is 0 Å². The SMILES string of the molecule is CN(C(=O)N1CC(=O)NC(=O)C1)C1COCC1C(=O)O. The summed E-state index contributed by atoms with van der Waals surface area (Å²) in [5.74, 6) is -2.96. The first-order valence-corrected chi connectivity index (χ1v) is 6.05. The van der Waals surface area contributed by atoms with Gasteiger partial charge in [-0.25, -0.2) is 4.79 Å². The number of aliphatic carboxylic acids is 1. The molecule has 4 amide bonds. The molecule has 2 aliphatic rings. The van der Waals surface area contributed by atoms with E-state index in [4.69, 9.17) is 9.84 Å². The Bertz CT molecular complexity index is 449. The van der Waals surface area contributed by atoms with Crippen LogP contribution in [0, 0.1) is 5.92 Å². The Hall–Kier alpha value is -2.16. The molecule has 0 aromatic heterocycles. The Morgan fingerprint density at radius 1 is 1.30 bits per heavy atom. The van der Waals surface area contributed by atoms with Crippen LogP contribution in [-0.4, -0.2) is 78.1 Å². The number of imide groups is 1. The molecule has 2 fully saturated rings. The fraction of sp³-hybridized carbons (Fsp3) is 0.636. The van der Waals surface area contributed by atoms with Crippen molar-refractivity contribution in [1.82, 2.24) is 15.1 Å². The maximum absolute atomic E-state index is 12.2. The average Bonchev–Trinajstić information content (AvgIpc) is 2.85. The third kappa shape index (κ3) is 2.72. The summed E-state index contributed by atoms with van der Waals surface area (Å²) in [5, 5.41) is 11.1. The molecule has 2 unspecified atom stereocenters. The first-order chi connectivity index (χ1) is 9.40. The number of hydrogen-bond donors (Lipinski definition) is 2. The quantitative estimate of drug-likeness (QED) is 0.572. The number of likely N-dealkylation sites (N-methyl/N-ethyl adjacent to an activating group) is 1. The predicted molar refractivity (Wildman–Crippen MR) is 63.6 cm³/mol. The molecule has 9 heteroatoms. The predicted octanol–water partition coefficient (Wildman–Crippen LogP) is -1.90. The van der Waals surface area contributed by atoms with Gasteiger partial charge in [0.2, 0.25) is 11.8 Å². The van der Waals surface area contributed by atoms with Crippen LogP contribution in [0.2, 0.25) is 0 Å². The molecule has 2 atom stereocenters. The normalized spacial score (nSPS) is 26.4. The number of carboxylic acids is 1. The van der Waals surface area contributed by atoms with Crippen molar-refractivity contribution >= 4 is 23.8 Å². The number of rotatable bonds is 2. The third-order valence-electron chi connectivity index (χ3n) is 3.39. The molecular formula is C11H15N3O6. The number of hydrogen-bond acceptors (Lipinski definition) is 5. The van der Waals surface area contributed by atoms with E-state index < -0.39 is 35.8 Å². The second-order valence-electron chi connectivity index (χ2n) is 4.77. The van der Waals surface area contributed by atoms with Gasteiger partial charge in [0.05, 0.1) is 19.3 Å². The van der Waals surface area contributed by atoms with Gasteiger partial charge in [-0.05, 0) is 0 Å². The van der Waals surface area contributed by atoms with Crippen LogP contribution in [0.5, 0.6) is 0 Å². The maximum atomic E-state index is 12.2. The fourth-order valence-electron chi connectivity index (χ4n) is 2.30. The van der Waals surface area contributed by atoms with Crippen LogP contribution in [0.3, 0.4) is 0 Å². The fourth-order valence-corrected chi connectivity index (χ4v) is 2.30. The number of ether oxygens (including phenoxy) is 1. The van der Waals surface area contributed by atoms with Gasteiger partial charge in [-0.2, -0.15) is 0 Å². The van der Waals surface area contributed by atoms with Crippen molar-refractivity contribution < 1.29 is 29.0 Å². The Balaban J connectivity index is 2.06.